The smallest absolute Gasteiger partial charge is 0.339 e. The third kappa shape index (κ3) is 9.16. The topological polar surface area (TPSA) is 66.8 Å². The van der Waals surface area contributed by atoms with E-state index in [2.05, 4.69) is 15.9 Å². The van der Waals surface area contributed by atoms with Crippen molar-refractivity contribution in [3.63, 3.8) is 0 Å². The molecule has 2 N–H and O–H groups in total. The van der Waals surface area contributed by atoms with Gasteiger partial charge in [0, 0.05) is 11.4 Å². The summed E-state index contributed by atoms with van der Waals surface area (Å²) >= 11 is 3.45. The molecule has 0 aromatic heterocycles. The van der Waals surface area contributed by atoms with Gasteiger partial charge in [-0.1, -0.05) is 67.3 Å². The van der Waals surface area contributed by atoms with Crippen molar-refractivity contribution in [2.45, 2.75) is 64.2 Å². The zero-order chi connectivity index (χ0) is 17.6. The number of aromatic hydroxyl groups is 1. The number of phenols is 1. The van der Waals surface area contributed by atoms with Gasteiger partial charge in [0.25, 0.3) is 0 Å². The molecule has 0 radical (unpaired) electrons. The maximum Gasteiger partial charge on any atom is 0.339 e. The molecule has 0 spiro atoms. The molecule has 1 aromatic carbocycles. The number of carboxylic acids is 1. The van der Waals surface area contributed by atoms with Crippen LogP contribution in [0.15, 0.2) is 18.2 Å². The average Bonchev–Trinajstić information content (AvgIpc) is 2.55. The first-order chi connectivity index (χ1) is 11.6. The highest BCUT2D eigenvalue weighted by Crippen LogP contribution is 2.23. The number of unbranched alkanes of at least 4 members (excludes halogenated alkanes) is 9. The average molecular weight is 401 g/mol. The molecule has 0 saturated heterocycles. The summed E-state index contributed by atoms with van der Waals surface area (Å²) in [5, 5.41) is 19.6. The summed E-state index contributed by atoms with van der Waals surface area (Å²) in [6.45, 7) is 0.596. The first-order valence-corrected chi connectivity index (χ1v) is 10.0. The molecule has 0 saturated carbocycles. The molecule has 0 atom stereocenters. The summed E-state index contributed by atoms with van der Waals surface area (Å²) in [6, 6.07) is 4.31. The number of hydrogen-bond acceptors (Lipinski definition) is 3. The van der Waals surface area contributed by atoms with Gasteiger partial charge in [0.1, 0.15) is 17.1 Å². The van der Waals surface area contributed by atoms with E-state index in [0.29, 0.717) is 12.4 Å². The molecule has 0 amide bonds. The van der Waals surface area contributed by atoms with E-state index >= 15 is 0 Å². The molecular weight excluding hydrogens is 372 g/mol. The molecule has 5 heteroatoms. The highest BCUT2D eigenvalue weighted by molar-refractivity contribution is 9.09. The minimum absolute atomic E-state index is 0.102. The Morgan fingerprint density at radius 2 is 1.46 bits per heavy atom. The summed E-state index contributed by atoms with van der Waals surface area (Å²) < 4.78 is 5.55. The van der Waals surface area contributed by atoms with Crippen LogP contribution < -0.4 is 4.74 Å². The minimum Gasteiger partial charge on any atom is -0.507 e. The molecule has 0 fully saturated rings. The number of hydrogen-bond donors (Lipinski definition) is 2. The van der Waals surface area contributed by atoms with Gasteiger partial charge in [-0.25, -0.2) is 4.79 Å². The SMILES string of the molecule is O=C(O)c1ccc(OCCCCCCCCCCCCBr)cc1O. The molecule has 136 valence electrons. The third-order valence-electron chi connectivity index (χ3n) is 4.00. The molecule has 0 unspecified atom stereocenters. The number of benzene rings is 1. The van der Waals surface area contributed by atoms with Gasteiger partial charge in [0.2, 0.25) is 0 Å². The van der Waals surface area contributed by atoms with Crippen LogP contribution in [0.2, 0.25) is 0 Å². The zero-order valence-corrected chi connectivity index (χ0v) is 15.9. The number of halogens is 1. The van der Waals surface area contributed by atoms with Crippen LogP contribution in [-0.4, -0.2) is 28.1 Å². The lowest BCUT2D eigenvalue weighted by Crippen LogP contribution is -2.00. The number of aromatic carboxylic acids is 1. The summed E-state index contributed by atoms with van der Waals surface area (Å²) in [5.41, 5.74) is -0.102. The van der Waals surface area contributed by atoms with Crippen molar-refractivity contribution in [1.82, 2.24) is 0 Å². The van der Waals surface area contributed by atoms with E-state index in [9.17, 15) is 9.90 Å². The lowest BCUT2D eigenvalue weighted by Gasteiger charge is -2.08. The number of ether oxygens (including phenoxy) is 1. The first kappa shape index (κ1) is 20.8. The molecule has 4 nitrogen and oxygen atoms in total. The molecule has 0 aliphatic heterocycles. The summed E-state index contributed by atoms with van der Waals surface area (Å²) in [5.74, 6) is -0.876. The fraction of sp³-hybridized carbons (Fsp3) is 0.632. The maximum absolute atomic E-state index is 10.8. The highest BCUT2D eigenvalue weighted by atomic mass is 79.9. The quantitative estimate of drug-likeness (QED) is 0.307. The Hall–Kier alpha value is -1.23. The van der Waals surface area contributed by atoms with Crippen LogP contribution in [0, 0.1) is 0 Å². The molecule has 0 aliphatic rings. The van der Waals surface area contributed by atoms with Crippen LogP contribution in [0.4, 0.5) is 0 Å². The van der Waals surface area contributed by atoms with E-state index in [1.54, 1.807) is 6.07 Å². The minimum atomic E-state index is -1.14. The van der Waals surface area contributed by atoms with Crippen molar-refractivity contribution < 1.29 is 19.7 Å². The van der Waals surface area contributed by atoms with Gasteiger partial charge < -0.3 is 14.9 Å². The van der Waals surface area contributed by atoms with Crippen LogP contribution in [0.5, 0.6) is 11.5 Å². The fourth-order valence-electron chi connectivity index (χ4n) is 2.58. The van der Waals surface area contributed by atoms with Crippen molar-refractivity contribution in [2.24, 2.45) is 0 Å². The fourth-order valence-corrected chi connectivity index (χ4v) is 2.98. The highest BCUT2D eigenvalue weighted by Gasteiger charge is 2.09. The second-order valence-electron chi connectivity index (χ2n) is 6.06. The van der Waals surface area contributed by atoms with Crippen molar-refractivity contribution in [3.8, 4) is 11.5 Å². The van der Waals surface area contributed by atoms with E-state index in [4.69, 9.17) is 9.84 Å². The van der Waals surface area contributed by atoms with Crippen LogP contribution >= 0.6 is 15.9 Å². The predicted molar refractivity (Wildman–Crippen MR) is 101 cm³/mol. The maximum atomic E-state index is 10.8. The van der Waals surface area contributed by atoms with Gasteiger partial charge in [-0.05, 0) is 25.0 Å². The Kier molecular flexibility index (Phi) is 11.4. The van der Waals surface area contributed by atoms with E-state index in [-0.39, 0.29) is 11.3 Å². The lowest BCUT2D eigenvalue weighted by atomic mass is 10.1. The monoisotopic (exact) mass is 400 g/mol. The van der Waals surface area contributed by atoms with Crippen LogP contribution in [0.25, 0.3) is 0 Å². The summed E-state index contributed by atoms with van der Waals surface area (Å²) in [7, 11) is 0. The van der Waals surface area contributed by atoms with Crippen molar-refractivity contribution in [1.29, 1.82) is 0 Å². The van der Waals surface area contributed by atoms with Gasteiger partial charge in [-0.15, -0.1) is 0 Å². The normalized spacial score (nSPS) is 10.7. The second-order valence-corrected chi connectivity index (χ2v) is 6.85. The third-order valence-corrected chi connectivity index (χ3v) is 4.56. The number of carboxylic acid groups (broad SMARTS) is 1. The standard InChI is InChI=1S/C19H29BrO4/c20-13-9-7-5-3-1-2-4-6-8-10-14-24-16-11-12-17(19(22)23)18(21)15-16/h11-12,15,21H,1-10,13-14H2,(H,22,23). The lowest BCUT2D eigenvalue weighted by molar-refractivity contribution is 0.0693. The summed E-state index contributed by atoms with van der Waals surface area (Å²) in [6.07, 6.45) is 12.6. The van der Waals surface area contributed by atoms with Crippen molar-refractivity contribution in [3.05, 3.63) is 23.8 Å². The van der Waals surface area contributed by atoms with E-state index < -0.39 is 5.97 Å². The van der Waals surface area contributed by atoms with Gasteiger partial charge in [-0.3, -0.25) is 0 Å². The summed E-state index contributed by atoms with van der Waals surface area (Å²) in [4.78, 5) is 10.8. The molecule has 0 heterocycles. The predicted octanol–water partition coefficient (Wildman–Crippen LogP) is 5.77. The molecular formula is C19H29BrO4. The van der Waals surface area contributed by atoms with E-state index in [1.807, 2.05) is 0 Å². The largest absolute Gasteiger partial charge is 0.507 e. The van der Waals surface area contributed by atoms with Gasteiger partial charge >= 0.3 is 5.97 Å². The Labute approximate surface area is 153 Å². The van der Waals surface area contributed by atoms with E-state index in [0.717, 1.165) is 18.2 Å². The Balaban J connectivity index is 1.99. The number of rotatable bonds is 14. The van der Waals surface area contributed by atoms with Crippen LogP contribution in [-0.2, 0) is 0 Å². The van der Waals surface area contributed by atoms with Crippen LogP contribution in [0.3, 0.4) is 0 Å². The molecule has 1 rings (SSSR count). The molecule has 0 bridgehead atoms. The van der Waals surface area contributed by atoms with Gasteiger partial charge in [0.05, 0.1) is 6.61 Å². The second kappa shape index (κ2) is 13.1. The Morgan fingerprint density at radius 1 is 0.917 bits per heavy atom. The Bertz CT molecular complexity index is 476. The Morgan fingerprint density at radius 3 is 1.96 bits per heavy atom. The van der Waals surface area contributed by atoms with Crippen molar-refractivity contribution in [2.75, 3.05) is 11.9 Å². The van der Waals surface area contributed by atoms with Crippen LogP contribution in [0.1, 0.15) is 74.6 Å². The molecule has 24 heavy (non-hydrogen) atoms. The van der Waals surface area contributed by atoms with E-state index in [1.165, 1.54) is 63.5 Å². The zero-order valence-electron chi connectivity index (χ0n) is 14.3. The number of alkyl halides is 1. The molecule has 1 aromatic rings. The number of carbonyl (C=O) groups is 1. The van der Waals surface area contributed by atoms with Gasteiger partial charge in [-0.2, -0.15) is 0 Å². The molecule has 0 aliphatic carbocycles. The van der Waals surface area contributed by atoms with Crippen molar-refractivity contribution >= 4 is 21.9 Å². The first-order valence-electron chi connectivity index (χ1n) is 8.90. The van der Waals surface area contributed by atoms with Gasteiger partial charge in [0.15, 0.2) is 0 Å².